The third kappa shape index (κ3) is 5.14. The van der Waals surface area contributed by atoms with Gasteiger partial charge in [-0.2, -0.15) is 5.10 Å². The lowest BCUT2D eigenvalue weighted by molar-refractivity contribution is 0.221. The molecule has 0 spiro atoms. The molecule has 4 aromatic rings. The molecule has 0 aliphatic heterocycles. The van der Waals surface area contributed by atoms with E-state index >= 15 is 0 Å². The van der Waals surface area contributed by atoms with E-state index in [9.17, 15) is 12.8 Å². The lowest BCUT2D eigenvalue weighted by Gasteiger charge is -2.29. The van der Waals surface area contributed by atoms with Gasteiger partial charge in [0.25, 0.3) is 0 Å². The molecule has 1 atom stereocenters. The van der Waals surface area contributed by atoms with Crippen LogP contribution in [-0.2, 0) is 29.9 Å². The summed E-state index contributed by atoms with van der Waals surface area (Å²) in [5.74, 6) is 1.82. The minimum absolute atomic E-state index is 0.0132. The zero-order valence-electron chi connectivity index (χ0n) is 22.6. The fourth-order valence-electron chi connectivity index (χ4n) is 5.40. The highest BCUT2D eigenvalue weighted by molar-refractivity contribution is 7.89. The summed E-state index contributed by atoms with van der Waals surface area (Å²) < 4.78 is 47.9. The van der Waals surface area contributed by atoms with Gasteiger partial charge >= 0.3 is 0 Å². The standard InChI is InChI=1S/C27H33FN8O2S/c1-16-9-24(35(4)34-16)36-15-30-33-26(36)32-20-7-8-21-18(11-20)10-19-13-29-23(17-5-6-17)12-22(19)25(21)39(37,38)31-14-27(2,3)28/h9-10,12-13,15,17,20,31H,5-8,11,14H2,1-4H3,(H,32,33). The third-order valence-electron chi connectivity index (χ3n) is 7.45. The summed E-state index contributed by atoms with van der Waals surface area (Å²) in [5, 5.41) is 17.7. The van der Waals surface area contributed by atoms with E-state index < -0.39 is 15.7 Å². The van der Waals surface area contributed by atoms with E-state index in [4.69, 9.17) is 0 Å². The summed E-state index contributed by atoms with van der Waals surface area (Å²) in [4.78, 5) is 4.90. The van der Waals surface area contributed by atoms with Crippen molar-refractivity contribution in [1.29, 1.82) is 0 Å². The fraction of sp³-hybridized carbons (Fsp3) is 0.481. The molecule has 0 bridgehead atoms. The molecular formula is C27H33FN8O2S. The second-order valence-electron chi connectivity index (χ2n) is 11.4. The van der Waals surface area contributed by atoms with Crippen molar-refractivity contribution in [3.05, 3.63) is 53.2 Å². The number of pyridine rings is 1. The van der Waals surface area contributed by atoms with E-state index in [-0.39, 0.29) is 17.5 Å². The zero-order valence-corrected chi connectivity index (χ0v) is 23.4. The molecule has 10 nitrogen and oxygen atoms in total. The van der Waals surface area contributed by atoms with Crippen molar-refractivity contribution in [1.82, 2.24) is 34.3 Å². The maximum Gasteiger partial charge on any atom is 0.241 e. The van der Waals surface area contributed by atoms with E-state index in [1.165, 1.54) is 13.8 Å². The molecule has 1 saturated carbocycles. The van der Waals surface area contributed by atoms with E-state index in [1.807, 2.05) is 30.7 Å². The van der Waals surface area contributed by atoms with Crippen LogP contribution in [0.5, 0.6) is 0 Å². The van der Waals surface area contributed by atoms with Crippen LogP contribution in [0.15, 0.2) is 35.6 Å². The highest BCUT2D eigenvalue weighted by atomic mass is 32.2. The molecule has 1 aromatic carbocycles. The average molecular weight is 553 g/mol. The molecule has 0 saturated heterocycles. The molecule has 6 rings (SSSR count). The van der Waals surface area contributed by atoms with Crippen molar-refractivity contribution in [2.75, 3.05) is 11.9 Å². The maximum atomic E-state index is 14.3. The number of fused-ring (bicyclic) bond motifs is 2. The van der Waals surface area contributed by atoms with Gasteiger partial charge in [0, 0.05) is 54.3 Å². The van der Waals surface area contributed by atoms with Crippen molar-refractivity contribution >= 4 is 26.7 Å². The third-order valence-corrected chi connectivity index (χ3v) is 8.98. The second kappa shape index (κ2) is 9.37. The van der Waals surface area contributed by atoms with Gasteiger partial charge in [0.05, 0.1) is 10.6 Å². The van der Waals surface area contributed by atoms with Crippen LogP contribution < -0.4 is 10.0 Å². The summed E-state index contributed by atoms with van der Waals surface area (Å²) in [6, 6.07) is 5.95. The smallest absolute Gasteiger partial charge is 0.241 e. The Balaban J connectivity index is 1.36. The largest absolute Gasteiger partial charge is 0.351 e. The first-order chi connectivity index (χ1) is 18.5. The molecule has 1 unspecified atom stereocenters. The Bertz CT molecular complexity index is 1670. The molecule has 0 radical (unpaired) electrons. The van der Waals surface area contributed by atoms with Crippen molar-refractivity contribution in [3.63, 3.8) is 0 Å². The number of nitrogens with zero attached hydrogens (tertiary/aromatic N) is 6. The molecule has 39 heavy (non-hydrogen) atoms. The van der Waals surface area contributed by atoms with Gasteiger partial charge in [-0.15, -0.1) is 10.2 Å². The fourth-order valence-corrected chi connectivity index (χ4v) is 7.10. The maximum absolute atomic E-state index is 14.3. The van der Waals surface area contributed by atoms with Crippen molar-refractivity contribution in [2.45, 2.75) is 75.4 Å². The number of benzene rings is 1. The molecule has 3 heterocycles. The van der Waals surface area contributed by atoms with E-state index in [2.05, 4.69) is 36.4 Å². The summed E-state index contributed by atoms with van der Waals surface area (Å²) in [6.07, 6.45) is 7.41. The number of rotatable bonds is 8. The first kappa shape index (κ1) is 25.9. The minimum Gasteiger partial charge on any atom is -0.351 e. The van der Waals surface area contributed by atoms with Gasteiger partial charge in [-0.1, -0.05) is 0 Å². The number of aromatic nitrogens is 6. The van der Waals surface area contributed by atoms with Gasteiger partial charge in [-0.05, 0) is 76.1 Å². The quantitative estimate of drug-likeness (QED) is 0.342. The summed E-state index contributed by atoms with van der Waals surface area (Å²) >= 11 is 0. The Kier molecular flexibility index (Phi) is 6.22. The van der Waals surface area contributed by atoms with Gasteiger partial charge in [0.1, 0.15) is 17.8 Å². The molecule has 0 amide bonds. The molecule has 12 heteroatoms. The Morgan fingerprint density at radius 1 is 1.18 bits per heavy atom. The Labute approximate surface area is 227 Å². The molecule has 2 N–H and O–H groups in total. The van der Waals surface area contributed by atoms with Crippen LogP contribution in [-0.4, -0.2) is 56.2 Å². The van der Waals surface area contributed by atoms with Crippen LogP contribution in [0.1, 0.15) is 61.5 Å². The molecular weight excluding hydrogens is 519 g/mol. The predicted molar refractivity (Wildman–Crippen MR) is 146 cm³/mol. The summed E-state index contributed by atoms with van der Waals surface area (Å²) in [5.41, 5.74) is 1.87. The number of halogens is 1. The number of aryl methyl sites for hydroxylation is 2. The van der Waals surface area contributed by atoms with Crippen LogP contribution in [0.4, 0.5) is 10.3 Å². The first-order valence-electron chi connectivity index (χ1n) is 13.3. The van der Waals surface area contributed by atoms with Crippen molar-refractivity contribution in [2.24, 2.45) is 7.05 Å². The van der Waals surface area contributed by atoms with Gasteiger partial charge < -0.3 is 5.32 Å². The van der Waals surface area contributed by atoms with Crippen molar-refractivity contribution in [3.8, 4) is 5.82 Å². The second-order valence-corrected chi connectivity index (χ2v) is 13.1. The normalized spacial score (nSPS) is 17.9. The SMILES string of the molecule is Cc1cc(-n2cnnc2NC2CCc3c(cc4cnc(C5CC5)cc4c3S(=O)(=O)NCC(C)(C)F)C2)n(C)n1. The summed E-state index contributed by atoms with van der Waals surface area (Å²) in [6.45, 7) is 4.37. The van der Waals surface area contributed by atoms with Crippen LogP contribution in [0.3, 0.4) is 0 Å². The number of sulfonamides is 1. The average Bonchev–Trinajstić information content (AvgIpc) is 3.54. The first-order valence-corrected chi connectivity index (χ1v) is 14.8. The highest BCUT2D eigenvalue weighted by Crippen LogP contribution is 2.42. The van der Waals surface area contributed by atoms with Gasteiger partial charge in [-0.25, -0.2) is 17.5 Å². The van der Waals surface area contributed by atoms with Gasteiger partial charge in [0.15, 0.2) is 0 Å². The number of anilines is 1. The van der Waals surface area contributed by atoms with E-state index in [0.29, 0.717) is 36.5 Å². The molecule has 2 aliphatic carbocycles. The molecule has 2 aliphatic rings. The summed E-state index contributed by atoms with van der Waals surface area (Å²) in [7, 11) is -2.10. The minimum atomic E-state index is -3.97. The van der Waals surface area contributed by atoms with Crippen LogP contribution in [0.25, 0.3) is 16.6 Å². The van der Waals surface area contributed by atoms with Gasteiger partial charge in [-0.3, -0.25) is 14.2 Å². The molecule has 1 fully saturated rings. The number of nitrogens with one attached hydrogen (secondary N) is 2. The number of alkyl halides is 1. The predicted octanol–water partition coefficient (Wildman–Crippen LogP) is 3.73. The lowest BCUT2D eigenvalue weighted by Crippen LogP contribution is -2.36. The Hall–Kier alpha value is -3.38. The van der Waals surface area contributed by atoms with Crippen molar-refractivity contribution < 1.29 is 12.8 Å². The van der Waals surface area contributed by atoms with E-state index in [0.717, 1.165) is 46.6 Å². The Morgan fingerprint density at radius 3 is 2.67 bits per heavy atom. The van der Waals surface area contributed by atoms with Gasteiger partial charge in [0.2, 0.25) is 16.0 Å². The highest BCUT2D eigenvalue weighted by Gasteiger charge is 2.32. The number of hydrogen-bond donors (Lipinski definition) is 2. The molecule has 3 aromatic heterocycles. The van der Waals surface area contributed by atoms with E-state index in [1.54, 1.807) is 17.2 Å². The monoisotopic (exact) mass is 552 g/mol. The van der Waals surface area contributed by atoms with Crippen LogP contribution in [0.2, 0.25) is 0 Å². The van der Waals surface area contributed by atoms with Crippen LogP contribution >= 0.6 is 0 Å². The lowest BCUT2D eigenvalue weighted by atomic mass is 9.86. The molecule has 206 valence electrons. The number of hydrogen-bond acceptors (Lipinski definition) is 7. The topological polar surface area (TPSA) is 120 Å². The van der Waals surface area contributed by atoms with Crippen LogP contribution in [0, 0.1) is 6.92 Å². The Morgan fingerprint density at radius 2 is 1.97 bits per heavy atom. The zero-order chi connectivity index (χ0) is 27.5.